The lowest BCUT2D eigenvalue weighted by atomic mass is 9.86. The van der Waals surface area contributed by atoms with Gasteiger partial charge in [0.15, 0.2) is 9.84 Å². The van der Waals surface area contributed by atoms with Crippen LogP contribution in [0.25, 0.3) is 0 Å². The van der Waals surface area contributed by atoms with Gasteiger partial charge >= 0.3 is 5.97 Å². The second-order valence-electron chi connectivity index (χ2n) is 7.69. The summed E-state index contributed by atoms with van der Waals surface area (Å²) >= 11 is 0. The van der Waals surface area contributed by atoms with Crippen LogP contribution in [0, 0.1) is 5.92 Å². The van der Waals surface area contributed by atoms with Crippen LogP contribution in [0.1, 0.15) is 44.9 Å². The molecule has 3 fully saturated rings. The first-order chi connectivity index (χ1) is 11.9. The first kappa shape index (κ1) is 18.6. The van der Waals surface area contributed by atoms with E-state index in [0.717, 1.165) is 12.8 Å². The summed E-state index contributed by atoms with van der Waals surface area (Å²) in [6, 6.07) is -0.572. The quantitative estimate of drug-likeness (QED) is 0.765. The standard InChI is InChI=1S/C17H28N2O5S/c20-16(10-13-4-2-1-3-5-13)19-9-8-18(7-6-17(21)22)14-11-25(23,24)12-15(14)19/h13-15H,1-12H2,(H,21,22)/t14-,15+/m1/s1. The molecule has 2 saturated heterocycles. The molecule has 3 aliphatic rings. The smallest absolute Gasteiger partial charge is 0.304 e. The Morgan fingerprint density at radius 2 is 1.68 bits per heavy atom. The minimum atomic E-state index is -3.18. The molecule has 0 bridgehead atoms. The number of fused-ring (bicyclic) bond motifs is 1. The molecule has 142 valence electrons. The van der Waals surface area contributed by atoms with Gasteiger partial charge in [0.05, 0.1) is 24.0 Å². The summed E-state index contributed by atoms with van der Waals surface area (Å²) in [7, 11) is -3.18. The Balaban J connectivity index is 1.67. The lowest BCUT2D eigenvalue weighted by Crippen LogP contribution is -2.61. The van der Waals surface area contributed by atoms with Crippen LogP contribution in [0.15, 0.2) is 0 Å². The molecular weight excluding hydrogens is 344 g/mol. The minimum Gasteiger partial charge on any atom is -0.481 e. The van der Waals surface area contributed by atoms with Gasteiger partial charge in [-0.15, -0.1) is 0 Å². The van der Waals surface area contributed by atoms with Gasteiger partial charge in [0.2, 0.25) is 5.91 Å². The van der Waals surface area contributed by atoms with Gasteiger partial charge in [-0.25, -0.2) is 8.42 Å². The van der Waals surface area contributed by atoms with E-state index >= 15 is 0 Å². The molecular formula is C17H28N2O5S. The Bertz CT molecular complexity index is 615. The van der Waals surface area contributed by atoms with E-state index in [1.165, 1.54) is 19.3 Å². The molecule has 7 nitrogen and oxygen atoms in total. The van der Waals surface area contributed by atoms with Crippen LogP contribution in [0.4, 0.5) is 0 Å². The summed E-state index contributed by atoms with van der Waals surface area (Å²) in [5.74, 6) is -0.324. The van der Waals surface area contributed by atoms with Crippen molar-refractivity contribution in [2.45, 2.75) is 57.0 Å². The van der Waals surface area contributed by atoms with E-state index in [4.69, 9.17) is 5.11 Å². The lowest BCUT2D eigenvalue weighted by Gasteiger charge is -2.44. The molecule has 0 aromatic carbocycles. The van der Waals surface area contributed by atoms with Crippen molar-refractivity contribution in [2.24, 2.45) is 5.92 Å². The van der Waals surface area contributed by atoms with Gasteiger partial charge in [0, 0.05) is 32.1 Å². The van der Waals surface area contributed by atoms with Crippen LogP contribution in [0.5, 0.6) is 0 Å². The second-order valence-corrected chi connectivity index (χ2v) is 9.84. The summed E-state index contributed by atoms with van der Waals surface area (Å²) in [4.78, 5) is 27.4. The van der Waals surface area contributed by atoms with Crippen LogP contribution < -0.4 is 0 Å². The third-order valence-electron chi connectivity index (χ3n) is 5.91. The molecule has 0 aromatic heterocycles. The lowest BCUT2D eigenvalue weighted by molar-refractivity contribution is -0.141. The van der Waals surface area contributed by atoms with Gasteiger partial charge in [-0.3, -0.25) is 14.5 Å². The monoisotopic (exact) mass is 372 g/mol. The van der Waals surface area contributed by atoms with Crippen molar-refractivity contribution in [2.75, 3.05) is 31.1 Å². The fourth-order valence-corrected chi connectivity index (χ4v) is 6.62. The number of hydrogen-bond acceptors (Lipinski definition) is 5. The van der Waals surface area contributed by atoms with E-state index in [2.05, 4.69) is 0 Å². The Morgan fingerprint density at radius 3 is 2.36 bits per heavy atom. The maximum Gasteiger partial charge on any atom is 0.304 e. The van der Waals surface area contributed by atoms with Crippen molar-refractivity contribution >= 4 is 21.7 Å². The fraction of sp³-hybridized carbons (Fsp3) is 0.882. The van der Waals surface area contributed by atoms with Crippen LogP contribution in [-0.4, -0.2) is 78.4 Å². The molecule has 3 rings (SSSR count). The van der Waals surface area contributed by atoms with Gasteiger partial charge in [-0.05, 0) is 18.8 Å². The largest absolute Gasteiger partial charge is 0.481 e. The zero-order valence-corrected chi connectivity index (χ0v) is 15.4. The molecule has 1 amide bonds. The van der Waals surface area contributed by atoms with E-state index < -0.39 is 15.8 Å². The van der Waals surface area contributed by atoms with E-state index in [1.807, 2.05) is 4.90 Å². The predicted octanol–water partition coefficient (Wildman–Crippen LogP) is 0.741. The molecule has 0 radical (unpaired) electrons. The first-order valence-electron chi connectivity index (χ1n) is 9.31. The molecule has 1 saturated carbocycles. The summed E-state index contributed by atoms with van der Waals surface area (Å²) in [5.41, 5.74) is 0. The number of sulfone groups is 1. The maximum absolute atomic E-state index is 12.8. The van der Waals surface area contributed by atoms with Crippen LogP contribution in [0.3, 0.4) is 0 Å². The van der Waals surface area contributed by atoms with E-state index in [1.54, 1.807) is 4.90 Å². The molecule has 2 aliphatic heterocycles. The number of rotatable bonds is 5. The van der Waals surface area contributed by atoms with Gasteiger partial charge in [-0.2, -0.15) is 0 Å². The van der Waals surface area contributed by atoms with Gasteiger partial charge in [0.1, 0.15) is 0 Å². The molecule has 2 heterocycles. The number of amides is 1. The number of hydrogen-bond donors (Lipinski definition) is 1. The van der Waals surface area contributed by atoms with E-state index in [-0.39, 0.29) is 35.9 Å². The molecule has 2 atom stereocenters. The molecule has 1 aliphatic carbocycles. The van der Waals surface area contributed by atoms with Gasteiger partial charge in [0.25, 0.3) is 0 Å². The highest BCUT2D eigenvalue weighted by Crippen LogP contribution is 2.31. The summed E-state index contributed by atoms with van der Waals surface area (Å²) in [6.07, 6.45) is 6.32. The Labute approximate surface area is 149 Å². The van der Waals surface area contributed by atoms with Gasteiger partial charge in [-0.1, -0.05) is 19.3 Å². The Morgan fingerprint density at radius 1 is 1.00 bits per heavy atom. The molecule has 0 aromatic rings. The first-order valence-corrected chi connectivity index (χ1v) is 11.1. The number of carbonyl (C=O) groups is 2. The van der Waals surface area contributed by atoms with Crippen LogP contribution >= 0.6 is 0 Å². The summed E-state index contributed by atoms with van der Waals surface area (Å²) < 4.78 is 24.3. The highest BCUT2D eigenvalue weighted by molar-refractivity contribution is 7.91. The number of carboxylic acids is 1. The zero-order valence-electron chi connectivity index (χ0n) is 14.6. The van der Waals surface area contributed by atoms with E-state index in [0.29, 0.717) is 32.0 Å². The normalized spacial score (nSPS) is 30.2. The number of carbonyl (C=O) groups excluding carboxylic acids is 1. The number of aliphatic carboxylic acids is 1. The maximum atomic E-state index is 12.8. The average molecular weight is 372 g/mol. The Hall–Kier alpha value is -1.15. The van der Waals surface area contributed by atoms with Gasteiger partial charge < -0.3 is 10.0 Å². The molecule has 8 heteroatoms. The molecule has 0 unspecified atom stereocenters. The molecule has 0 spiro atoms. The van der Waals surface area contributed by atoms with Crippen molar-refractivity contribution in [1.29, 1.82) is 0 Å². The highest BCUT2D eigenvalue weighted by atomic mass is 32.2. The van der Waals surface area contributed by atoms with Crippen molar-refractivity contribution in [1.82, 2.24) is 9.80 Å². The third kappa shape index (κ3) is 4.53. The summed E-state index contributed by atoms with van der Waals surface area (Å²) in [6.45, 7) is 1.40. The SMILES string of the molecule is O=C(O)CCN1CCN(C(=O)CC2CCCCC2)[C@H]2CS(=O)(=O)C[C@H]21. The Kier molecular flexibility index (Phi) is 5.68. The highest BCUT2D eigenvalue weighted by Gasteiger charge is 2.47. The minimum absolute atomic E-state index is 0.000706. The van der Waals surface area contributed by atoms with Crippen LogP contribution in [-0.2, 0) is 19.4 Å². The average Bonchev–Trinajstić information content (AvgIpc) is 2.88. The van der Waals surface area contributed by atoms with Crippen molar-refractivity contribution < 1.29 is 23.1 Å². The van der Waals surface area contributed by atoms with Crippen molar-refractivity contribution in [3.05, 3.63) is 0 Å². The van der Waals surface area contributed by atoms with Crippen molar-refractivity contribution in [3.8, 4) is 0 Å². The van der Waals surface area contributed by atoms with E-state index in [9.17, 15) is 18.0 Å². The molecule has 25 heavy (non-hydrogen) atoms. The predicted molar refractivity (Wildman–Crippen MR) is 93.0 cm³/mol. The second kappa shape index (κ2) is 7.61. The summed E-state index contributed by atoms with van der Waals surface area (Å²) in [5, 5.41) is 8.90. The number of nitrogens with zero attached hydrogens (tertiary/aromatic N) is 2. The zero-order chi connectivity index (χ0) is 18.0. The third-order valence-corrected chi connectivity index (χ3v) is 7.61. The number of piperazine rings is 1. The van der Waals surface area contributed by atoms with Crippen LogP contribution in [0.2, 0.25) is 0 Å². The topological polar surface area (TPSA) is 95.0 Å². The number of carboxylic acid groups (broad SMARTS) is 1. The van der Waals surface area contributed by atoms with Crippen molar-refractivity contribution in [3.63, 3.8) is 0 Å². The molecule has 1 N–H and O–H groups in total. The fourth-order valence-electron chi connectivity index (χ4n) is 4.61.